The number of amides is 1. The van der Waals surface area contributed by atoms with Crippen LogP contribution in [0.4, 0.5) is 10.1 Å². The molecule has 5 nitrogen and oxygen atoms in total. The monoisotopic (exact) mass is 458 g/mol. The van der Waals surface area contributed by atoms with Crippen LogP contribution in [0.1, 0.15) is 28.9 Å². The number of hydrogen-bond donors (Lipinski definition) is 1. The SMILES string of the molecule is CSc1ccc(S(=O)(=O)N(C)c2ccc(C(=O)N[C@@H](C)c3ccc(F)cc3)cc2)cc1. The van der Waals surface area contributed by atoms with Crippen molar-refractivity contribution in [2.45, 2.75) is 22.8 Å². The topological polar surface area (TPSA) is 66.5 Å². The van der Waals surface area contributed by atoms with E-state index in [0.717, 1.165) is 10.5 Å². The molecule has 3 aromatic carbocycles. The Kier molecular flexibility index (Phi) is 7.02. The van der Waals surface area contributed by atoms with Crippen LogP contribution in [0, 0.1) is 5.82 Å². The third-order valence-corrected chi connectivity index (χ3v) is 7.47. The molecule has 1 atom stereocenters. The third-order valence-electron chi connectivity index (χ3n) is 4.93. The second-order valence-electron chi connectivity index (χ2n) is 6.94. The van der Waals surface area contributed by atoms with E-state index < -0.39 is 10.0 Å². The normalized spacial score (nSPS) is 12.3. The van der Waals surface area contributed by atoms with Crippen LogP contribution in [0.2, 0.25) is 0 Å². The first kappa shape index (κ1) is 22.8. The summed E-state index contributed by atoms with van der Waals surface area (Å²) in [5, 5.41) is 2.85. The minimum atomic E-state index is -3.72. The second-order valence-corrected chi connectivity index (χ2v) is 9.79. The lowest BCUT2D eigenvalue weighted by Crippen LogP contribution is -2.28. The highest BCUT2D eigenvalue weighted by Gasteiger charge is 2.21. The molecule has 0 saturated heterocycles. The molecule has 1 N–H and O–H groups in total. The minimum absolute atomic E-state index is 0.197. The summed E-state index contributed by atoms with van der Waals surface area (Å²) in [6.45, 7) is 1.81. The number of hydrogen-bond acceptors (Lipinski definition) is 4. The van der Waals surface area contributed by atoms with E-state index in [4.69, 9.17) is 0 Å². The van der Waals surface area contributed by atoms with Crippen molar-refractivity contribution in [1.82, 2.24) is 5.32 Å². The van der Waals surface area contributed by atoms with Gasteiger partial charge in [-0.05, 0) is 79.4 Å². The van der Waals surface area contributed by atoms with Gasteiger partial charge < -0.3 is 5.32 Å². The van der Waals surface area contributed by atoms with E-state index in [2.05, 4.69) is 5.32 Å². The molecule has 31 heavy (non-hydrogen) atoms. The summed E-state index contributed by atoms with van der Waals surface area (Å²) in [5.41, 5.74) is 1.62. The zero-order valence-electron chi connectivity index (χ0n) is 17.4. The number of carbonyl (C=O) groups excluding carboxylic acids is 1. The average molecular weight is 459 g/mol. The van der Waals surface area contributed by atoms with Crippen molar-refractivity contribution in [1.29, 1.82) is 0 Å². The van der Waals surface area contributed by atoms with Crippen LogP contribution in [0.3, 0.4) is 0 Å². The van der Waals surface area contributed by atoms with Gasteiger partial charge in [0, 0.05) is 17.5 Å². The van der Waals surface area contributed by atoms with E-state index in [0.29, 0.717) is 11.3 Å². The predicted molar refractivity (Wildman–Crippen MR) is 123 cm³/mol. The zero-order chi connectivity index (χ0) is 22.6. The average Bonchev–Trinajstić information content (AvgIpc) is 2.79. The fourth-order valence-electron chi connectivity index (χ4n) is 2.98. The predicted octanol–water partition coefficient (Wildman–Crippen LogP) is 4.86. The maximum absolute atomic E-state index is 13.1. The minimum Gasteiger partial charge on any atom is -0.346 e. The summed E-state index contributed by atoms with van der Waals surface area (Å²) in [7, 11) is -2.24. The van der Waals surface area contributed by atoms with E-state index in [9.17, 15) is 17.6 Å². The molecule has 0 unspecified atom stereocenters. The number of nitrogens with zero attached hydrogens (tertiary/aromatic N) is 1. The van der Waals surface area contributed by atoms with Gasteiger partial charge in [-0.15, -0.1) is 11.8 Å². The Labute approximate surface area is 186 Å². The van der Waals surface area contributed by atoms with Crippen LogP contribution < -0.4 is 9.62 Å². The Balaban J connectivity index is 1.72. The van der Waals surface area contributed by atoms with Crippen LogP contribution in [0.25, 0.3) is 0 Å². The summed E-state index contributed by atoms with van der Waals surface area (Å²) in [6.07, 6.45) is 1.92. The molecule has 3 aromatic rings. The van der Waals surface area contributed by atoms with Crippen molar-refractivity contribution in [2.24, 2.45) is 0 Å². The zero-order valence-corrected chi connectivity index (χ0v) is 19.0. The molecule has 0 heterocycles. The van der Waals surface area contributed by atoms with Crippen LogP contribution >= 0.6 is 11.8 Å². The van der Waals surface area contributed by atoms with E-state index in [1.165, 1.54) is 35.2 Å². The number of benzene rings is 3. The van der Waals surface area contributed by atoms with E-state index >= 15 is 0 Å². The summed E-state index contributed by atoms with van der Waals surface area (Å²) in [5.74, 6) is -0.640. The molecule has 0 radical (unpaired) electrons. The summed E-state index contributed by atoms with van der Waals surface area (Å²) in [6, 6.07) is 18.6. The molecule has 8 heteroatoms. The lowest BCUT2D eigenvalue weighted by Gasteiger charge is -2.20. The number of rotatable bonds is 7. The largest absolute Gasteiger partial charge is 0.346 e. The van der Waals surface area contributed by atoms with Gasteiger partial charge in [-0.25, -0.2) is 12.8 Å². The van der Waals surface area contributed by atoms with E-state index in [1.807, 2.05) is 13.2 Å². The summed E-state index contributed by atoms with van der Waals surface area (Å²) < 4.78 is 40.0. The van der Waals surface area contributed by atoms with Crippen molar-refractivity contribution in [2.75, 3.05) is 17.6 Å². The van der Waals surface area contributed by atoms with E-state index in [-0.39, 0.29) is 22.7 Å². The maximum Gasteiger partial charge on any atom is 0.264 e. The van der Waals surface area contributed by atoms with Crippen LogP contribution in [0.15, 0.2) is 82.6 Å². The lowest BCUT2D eigenvalue weighted by molar-refractivity contribution is 0.0940. The third kappa shape index (κ3) is 5.26. The van der Waals surface area contributed by atoms with E-state index in [1.54, 1.807) is 60.7 Å². The quantitative estimate of drug-likeness (QED) is 0.514. The fraction of sp³-hybridized carbons (Fsp3) is 0.174. The first-order chi connectivity index (χ1) is 14.7. The van der Waals surface area contributed by atoms with Crippen molar-refractivity contribution in [3.05, 3.63) is 89.7 Å². The van der Waals surface area contributed by atoms with Crippen LogP contribution in [-0.2, 0) is 10.0 Å². The van der Waals surface area contributed by atoms with Gasteiger partial charge in [0.15, 0.2) is 0 Å². The van der Waals surface area contributed by atoms with Crippen molar-refractivity contribution in [3.63, 3.8) is 0 Å². The number of anilines is 1. The molecule has 0 saturated carbocycles. The van der Waals surface area contributed by atoms with Gasteiger partial charge in [-0.3, -0.25) is 9.10 Å². The summed E-state index contributed by atoms with van der Waals surface area (Å²) >= 11 is 1.54. The first-order valence-electron chi connectivity index (χ1n) is 9.52. The van der Waals surface area contributed by atoms with Gasteiger partial charge in [0.05, 0.1) is 16.6 Å². The lowest BCUT2D eigenvalue weighted by atomic mass is 10.1. The molecule has 162 valence electrons. The highest BCUT2D eigenvalue weighted by molar-refractivity contribution is 7.98. The molecule has 0 aromatic heterocycles. The van der Waals surface area contributed by atoms with Gasteiger partial charge in [-0.2, -0.15) is 0 Å². The molecule has 0 aliphatic rings. The Bertz CT molecular complexity index is 1150. The van der Waals surface area contributed by atoms with Crippen molar-refractivity contribution in [3.8, 4) is 0 Å². The highest BCUT2D eigenvalue weighted by atomic mass is 32.2. The Hall–Kier alpha value is -2.84. The Morgan fingerprint density at radius 2 is 1.55 bits per heavy atom. The Morgan fingerprint density at radius 3 is 2.10 bits per heavy atom. The van der Waals surface area contributed by atoms with Crippen molar-refractivity contribution >= 4 is 33.4 Å². The first-order valence-corrected chi connectivity index (χ1v) is 12.2. The number of sulfonamides is 1. The van der Waals surface area contributed by atoms with Crippen molar-refractivity contribution < 1.29 is 17.6 Å². The molecule has 0 bridgehead atoms. The molecule has 3 rings (SSSR count). The standard InChI is InChI=1S/C23H23FN2O3S2/c1-16(17-4-8-19(24)9-5-17)25-23(27)18-6-10-20(11-7-18)26(2)31(28,29)22-14-12-21(30-3)13-15-22/h4-16H,1-3H3,(H,25,27)/t16-/m0/s1. The molecule has 0 fully saturated rings. The number of halogens is 1. The van der Waals surface area contributed by atoms with Gasteiger partial charge in [0.1, 0.15) is 5.82 Å². The molecule has 0 aliphatic heterocycles. The van der Waals surface area contributed by atoms with Crippen LogP contribution in [-0.4, -0.2) is 27.6 Å². The molecule has 1 amide bonds. The molecular formula is C23H23FN2O3S2. The van der Waals surface area contributed by atoms with Gasteiger partial charge in [-0.1, -0.05) is 12.1 Å². The molecule has 0 spiro atoms. The van der Waals surface area contributed by atoms with Gasteiger partial charge >= 0.3 is 0 Å². The number of nitrogens with one attached hydrogen (secondary N) is 1. The number of carbonyl (C=O) groups is 1. The number of thioether (sulfide) groups is 1. The highest BCUT2D eigenvalue weighted by Crippen LogP contribution is 2.24. The molecular weight excluding hydrogens is 435 g/mol. The second kappa shape index (κ2) is 9.53. The molecule has 0 aliphatic carbocycles. The fourth-order valence-corrected chi connectivity index (χ4v) is 4.59. The summed E-state index contributed by atoms with van der Waals surface area (Å²) in [4.78, 5) is 13.7. The van der Waals surface area contributed by atoms with Crippen LogP contribution in [0.5, 0.6) is 0 Å². The van der Waals surface area contributed by atoms with Gasteiger partial charge in [0.2, 0.25) is 0 Å². The Morgan fingerprint density at radius 1 is 0.968 bits per heavy atom. The smallest absolute Gasteiger partial charge is 0.264 e. The maximum atomic E-state index is 13.1. The van der Waals surface area contributed by atoms with Gasteiger partial charge in [0.25, 0.3) is 15.9 Å².